The summed E-state index contributed by atoms with van der Waals surface area (Å²) in [4.78, 5) is 21.3. The fourth-order valence-electron chi connectivity index (χ4n) is 2.76. The van der Waals surface area contributed by atoms with Gasteiger partial charge in [-0.15, -0.1) is 37.2 Å². The van der Waals surface area contributed by atoms with Crippen LogP contribution in [0.1, 0.15) is 15.9 Å². The summed E-state index contributed by atoms with van der Waals surface area (Å²) in [5.41, 5.74) is 7.87. The molecule has 1 saturated heterocycles. The minimum Gasteiger partial charge on any atom is -0.398 e. The zero-order chi connectivity index (χ0) is 16.9. The maximum Gasteiger partial charge on any atom is 0.253 e. The van der Waals surface area contributed by atoms with Crippen LogP contribution in [-0.4, -0.2) is 49.0 Å². The monoisotopic (exact) mass is 433 g/mol. The number of nitrogen functional groups attached to an aromatic ring is 1. The molecule has 3 rings (SSSR count). The number of nitrogens with zero attached hydrogens (tertiary/aromatic N) is 3. The first-order valence-electron chi connectivity index (χ1n) is 8.14. The molecule has 2 aromatic rings. The number of nitrogens with two attached hydrogens (primary N) is 1. The number of pyridine rings is 1. The average Bonchev–Trinajstić information content (AvgIpc) is 2.61. The van der Waals surface area contributed by atoms with Crippen molar-refractivity contribution in [3.63, 3.8) is 0 Å². The highest BCUT2D eigenvalue weighted by Gasteiger charge is 2.15. The number of carbonyl (C=O) groups is 1. The van der Waals surface area contributed by atoms with E-state index in [9.17, 15) is 4.79 Å². The van der Waals surface area contributed by atoms with Gasteiger partial charge in [0.1, 0.15) is 5.82 Å². The van der Waals surface area contributed by atoms with E-state index in [2.05, 4.69) is 27.1 Å². The van der Waals surface area contributed by atoms with E-state index in [1.165, 1.54) is 0 Å². The number of para-hydroxylation sites is 1. The molecular weight excluding hydrogens is 409 g/mol. The lowest BCUT2D eigenvalue weighted by atomic mass is 10.1. The van der Waals surface area contributed by atoms with Crippen LogP contribution in [-0.2, 0) is 6.54 Å². The van der Waals surface area contributed by atoms with Crippen LogP contribution in [0.2, 0.25) is 0 Å². The van der Waals surface area contributed by atoms with Crippen molar-refractivity contribution in [3.05, 3.63) is 53.7 Å². The molecule has 150 valence electrons. The third-order valence-electron chi connectivity index (χ3n) is 4.30. The van der Waals surface area contributed by atoms with Gasteiger partial charge >= 0.3 is 0 Å². The van der Waals surface area contributed by atoms with Gasteiger partial charge in [-0.3, -0.25) is 4.79 Å². The first-order valence-corrected chi connectivity index (χ1v) is 8.14. The van der Waals surface area contributed by atoms with Crippen LogP contribution in [0.25, 0.3) is 0 Å². The molecule has 1 amide bonds. The van der Waals surface area contributed by atoms with Crippen LogP contribution < -0.4 is 16.0 Å². The maximum atomic E-state index is 12.2. The molecular formula is C18H26Cl3N5O. The van der Waals surface area contributed by atoms with Gasteiger partial charge < -0.3 is 20.9 Å². The third-order valence-corrected chi connectivity index (χ3v) is 4.30. The zero-order valence-corrected chi connectivity index (χ0v) is 17.6. The Morgan fingerprint density at radius 3 is 2.44 bits per heavy atom. The number of rotatable bonds is 4. The van der Waals surface area contributed by atoms with Gasteiger partial charge in [0.25, 0.3) is 5.91 Å². The van der Waals surface area contributed by atoms with Crippen LogP contribution >= 0.6 is 37.2 Å². The number of halogens is 3. The molecule has 0 atom stereocenters. The summed E-state index contributed by atoms with van der Waals surface area (Å²) in [7, 11) is 2.13. The molecule has 1 aliphatic heterocycles. The third kappa shape index (κ3) is 6.74. The molecule has 2 heterocycles. The predicted octanol–water partition coefficient (Wildman–Crippen LogP) is 2.61. The summed E-state index contributed by atoms with van der Waals surface area (Å²) in [6, 6.07) is 11.0. The number of piperazine rings is 1. The lowest BCUT2D eigenvalue weighted by molar-refractivity contribution is 0.0952. The summed E-state index contributed by atoms with van der Waals surface area (Å²) in [5.74, 6) is 0.806. The summed E-state index contributed by atoms with van der Waals surface area (Å²) in [6.07, 6.45) is 1.80. The fraction of sp³-hybridized carbons (Fsp3) is 0.333. The molecule has 0 radical (unpaired) electrons. The highest BCUT2D eigenvalue weighted by atomic mass is 35.5. The van der Waals surface area contributed by atoms with Gasteiger partial charge in [0, 0.05) is 44.6 Å². The van der Waals surface area contributed by atoms with Crippen molar-refractivity contribution in [1.82, 2.24) is 15.2 Å². The van der Waals surface area contributed by atoms with Crippen molar-refractivity contribution < 1.29 is 4.79 Å². The van der Waals surface area contributed by atoms with Gasteiger partial charge in [-0.25, -0.2) is 4.98 Å². The van der Waals surface area contributed by atoms with Gasteiger partial charge in [0.05, 0.1) is 5.56 Å². The van der Waals surface area contributed by atoms with Gasteiger partial charge in [-0.1, -0.05) is 12.1 Å². The second-order valence-corrected chi connectivity index (χ2v) is 6.08. The standard InChI is InChI=1S/C18H23N5O.3ClH/c1-22-8-10-23(11-9-22)17-12-14(6-7-20-17)13-21-18(24)15-4-2-3-5-16(15)19;;;/h2-7,12H,8-11,13,19H2,1H3,(H,21,24);3*1H. The quantitative estimate of drug-likeness (QED) is 0.724. The van der Waals surface area contributed by atoms with E-state index in [4.69, 9.17) is 5.73 Å². The number of nitrogens with one attached hydrogen (secondary N) is 1. The van der Waals surface area contributed by atoms with Crippen molar-refractivity contribution in [2.75, 3.05) is 43.9 Å². The molecule has 1 aromatic carbocycles. The minimum atomic E-state index is -0.161. The predicted molar refractivity (Wildman–Crippen MR) is 118 cm³/mol. The SMILES string of the molecule is CN1CCN(c2cc(CNC(=O)c3ccccc3N)ccn2)CC1.Cl.Cl.Cl. The summed E-state index contributed by atoms with van der Waals surface area (Å²) in [6.45, 7) is 4.47. The normalized spacial score (nSPS) is 13.6. The molecule has 1 aliphatic rings. The van der Waals surface area contributed by atoms with Crippen molar-refractivity contribution in [3.8, 4) is 0 Å². The molecule has 9 heteroatoms. The smallest absolute Gasteiger partial charge is 0.253 e. The molecule has 27 heavy (non-hydrogen) atoms. The molecule has 0 unspecified atom stereocenters. The van der Waals surface area contributed by atoms with Gasteiger partial charge in [-0.2, -0.15) is 0 Å². The minimum absolute atomic E-state index is 0. The van der Waals surface area contributed by atoms with Crippen LogP contribution in [0.4, 0.5) is 11.5 Å². The molecule has 6 nitrogen and oxygen atoms in total. The maximum absolute atomic E-state index is 12.2. The van der Waals surface area contributed by atoms with Gasteiger partial charge in [0.15, 0.2) is 0 Å². The summed E-state index contributed by atoms with van der Waals surface area (Å²) >= 11 is 0. The first-order chi connectivity index (χ1) is 11.6. The highest BCUT2D eigenvalue weighted by molar-refractivity contribution is 5.99. The van der Waals surface area contributed by atoms with Crippen molar-refractivity contribution in [1.29, 1.82) is 0 Å². The second-order valence-electron chi connectivity index (χ2n) is 6.08. The zero-order valence-electron chi connectivity index (χ0n) is 15.1. The van der Waals surface area contributed by atoms with Crippen molar-refractivity contribution in [2.45, 2.75) is 6.54 Å². The Labute approximate surface area is 178 Å². The van der Waals surface area contributed by atoms with Crippen molar-refractivity contribution in [2.24, 2.45) is 0 Å². The van der Waals surface area contributed by atoms with Crippen LogP contribution in [0.5, 0.6) is 0 Å². The molecule has 0 spiro atoms. The number of anilines is 2. The van der Waals surface area contributed by atoms with Crippen molar-refractivity contribution >= 4 is 54.6 Å². The number of aromatic nitrogens is 1. The Morgan fingerprint density at radius 1 is 1.11 bits per heavy atom. The number of carbonyl (C=O) groups excluding carboxylic acids is 1. The fourth-order valence-corrected chi connectivity index (χ4v) is 2.76. The van der Waals surface area contributed by atoms with Crippen LogP contribution in [0.3, 0.4) is 0 Å². The molecule has 0 saturated carbocycles. The van der Waals surface area contributed by atoms with E-state index in [1.54, 1.807) is 18.3 Å². The van der Waals surface area contributed by atoms with E-state index in [0.29, 0.717) is 17.8 Å². The largest absolute Gasteiger partial charge is 0.398 e. The Hall–Kier alpha value is -1.73. The second kappa shape index (κ2) is 11.9. The number of amides is 1. The van der Waals surface area contributed by atoms with Gasteiger partial charge in [-0.05, 0) is 36.9 Å². The van der Waals surface area contributed by atoms with Crippen LogP contribution in [0.15, 0.2) is 42.6 Å². The summed E-state index contributed by atoms with van der Waals surface area (Å²) < 4.78 is 0. The topological polar surface area (TPSA) is 74.5 Å². The number of hydrogen-bond donors (Lipinski definition) is 2. The van der Waals surface area contributed by atoms with E-state index in [-0.39, 0.29) is 43.1 Å². The Bertz CT molecular complexity index is 724. The number of benzene rings is 1. The molecule has 1 fully saturated rings. The molecule has 3 N–H and O–H groups in total. The molecule has 0 aliphatic carbocycles. The highest BCUT2D eigenvalue weighted by Crippen LogP contribution is 2.15. The Balaban J connectivity index is 0.00000225. The lowest BCUT2D eigenvalue weighted by Gasteiger charge is -2.33. The van der Waals surface area contributed by atoms with E-state index in [0.717, 1.165) is 37.6 Å². The number of likely N-dealkylation sites (N-methyl/N-ethyl adjacent to an activating group) is 1. The van der Waals surface area contributed by atoms with E-state index in [1.807, 2.05) is 24.3 Å². The van der Waals surface area contributed by atoms with Crippen LogP contribution in [0, 0.1) is 0 Å². The lowest BCUT2D eigenvalue weighted by Crippen LogP contribution is -2.44. The molecule has 0 bridgehead atoms. The Kier molecular flexibility index (Phi) is 11.1. The van der Waals surface area contributed by atoms with Gasteiger partial charge in [0.2, 0.25) is 0 Å². The summed E-state index contributed by atoms with van der Waals surface area (Å²) in [5, 5.41) is 2.92. The molecule has 1 aromatic heterocycles. The Morgan fingerprint density at radius 2 is 1.78 bits per heavy atom. The average molecular weight is 435 g/mol. The first kappa shape index (κ1) is 25.3. The van der Waals surface area contributed by atoms with E-state index >= 15 is 0 Å². The van der Waals surface area contributed by atoms with E-state index < -0.39 is 0 Å². The number of hydrogen-bond acceptors (Lipinski definition) is 5.